The summed E-state index contributed by atoms with van der Waals surface area (Å²) in [5.41, 5.74) is 2.19. The number of rotatable bonds is 0. The highest BCUT2D eigenvalue weighted by Gasteiger charge is 1.92. The van der Waals surface area contributed by atoms with Crippen LogP contribution in [0.1, 0.15) is 0 Å². The van der Waals surface area contributed by atoms with E-state index in [1.54, 1.807) is 6.33 Å². The molecule has 3 heteroatoms. The Kier molecular flexibility index (Phi) is 1.27. The third kappa shape index (κ3) is 0.757. The van der Waals surface area contributed by atoms with Gasteiger partial charge in [-0.1, -0.05) is 12.1 Å². The maximum atomic E-state index is 4.16. The predicted octanol–water partition coefficient (Wildman–Crippen LogP) is 0.968. The molecular weight excluding hydrogens is 139 g/mol. The van der Waals surface area contributed by atoms with Crippen LogP contribution in [-0.4, -0.2) is 25.0 Å². The largest absolute Gasteiger partial charge is 0.442 e. The lowest BCUT2D eigenvalue weighted by Crippen LogP contribution is -1.85. The Morgan fingerprint density at radius 3 is 2.90 bits per heavy atom. The lowest BCUT2D eigenvalue weighted by atomic mass is 10.3. The van der Waals surface area contributed by atoms with Crippen LogP contribution in [0, 0.1) is 0 Å². The van der Waals surface area contributed by atoms with E-state index in [1.807, 2.05) is 27.8 Å². The smallest absolute Gasteiger partial charge is 0.319 e. The van der Waals surface area contributed by atoms with Crippen molar-refractivity contribution >= 4 is 27.5 Å². The molecule has 1 aromatic heterocycles. The quantitative estimate of drug-likeness (QED) is 0.504. The molecule has 0 N–H and O–H groups in total. The number of fused-ring (bicyclic) bond motifs is 1. The van der Waals surface area contributed by atoms with Gasteiger partial charge in [0.1, 0.15) is 0 Å². The molecule has 0 saturated heterocycles. The molecule has 0 spiro atoms. The van der Waals surface area contributed by atoms with Crippen LogP contribution in [0.25, 0.3) is 11.0 Å². The molecule has 0 saturated carbocycles. The molecule has 0 fully saturated rings. The summed E-state index contributed by atoms with van der Waals surface area (Å²) in [5.74, 6) is 0. The molecule has 46 valence electrons. The monoisotopic (exact) mass is 144 g/mol. The first-order chi connectivity index (χ1) is 4.88. The van der Waals surface area contributed by atoms with Gasteiger partial charge in [-0.2, -0.15) is 0 Å². The van der Waals surface area contributed by atoms with Gasteiger partial charge >= 0.3 is 16.5 Å². The van der Waals surface area contributed by atoms with Crippen molar-refractivity contribution in [1.29, 1.82) is 0 Å². The van der Waals surface area contributed by atoms with Crippen LogP contribution >= 0.6 is 0 Å². The second kappa shape index (κ2) is 2.12. The molecule has 0 unspecified atom stereocenters. The number of para-hydroxylation sites is 2. The van der Waals surface area contributed by atoms with E-state index in [0.717, 1.165) is 11.0 Å². The molecule has 10 heavy (non-hydrogen) atoms. The highest BCUT2D eigenvalue weighted by Crippen LogP contribution is 2.08. The van der Waals surface area contributed by atoms with Gasteiger partial charge in [0.2, 0.25) is 0 Å². The fourth-order valence-corrected chi connectivity index (χ4v) is 1.26. The highest BCUT2D eigenvalue weighted by atomic mass is 27.1. The molecule has 0 aliphatic heterocycles. The number of imidazole rings is 1. The Labute approximate surface area is 67.1 Å². The molecule has 0 aliphatic rings. The lowest BCUT2D eigenvalue weighted by Gasteiger charge is -1.91. The van der Waals surface area contributed by atoms with E-state index in [9.17, 15) is 0 Å². The molecule has 0 amide bonds. The Morgan fingerprint density at radius 2 is 2.10 bits per heavy atom. The van der Waals surface area contributed by atoms with Crippen LogP contribution in [0.15, 0.2) is 30.6 Å². The highest BCUT2D eigenvalue weighted by molar-refractivity contribution is 6.10. The van der Waals surface area contributed by atoms with Crippen molar-refractivity contribution in [2.75, 3.05) is 0 Å². The van der Waals surface area contributed by atoms with Crippen molar-refractivity contribution in [3.8, 4) is 0 Å². The summed E-state index contributed by atoms with van der Waals surface area (Å²) in [5, 5.41) is 0. The first-order valence-electron chi connectivity index (χ1n) is 3.05. The number of benzene rings is 1. The zero-order valence-corrected chi connectivity index (χ0v) is 6.51. The van der Waals surface area contributed by atoms with E-state index in [2.05, 4.69) is 21.5 Å². The van der Waals surface area contributed by atoms with Crippen LogP contribution in [0.5, 0.6) is 0 Å². The number of nitrogens with zero attached hydrogens (tertiary/aromatic N) is 2. The molecule has 0 aliphatic carbocycles. The van der Waals surface area contributed by atoms with E-state index in [1.165, 1.54) is 0 Å². The maximum Gasteiger partial charge on any atom is 0.319 e. The first kappa shape index (κ1) is 5.97. The van der Waals surface area contributed by atoms with Gasteiger partial charge in [0.25, 0.3) is 0 Å². The van der Waals surface area contributed by atoms with E-state index in [-0.39, 0.29) is 0 Å². The normalized spacial score (nSPS) is 10.4. The van der Waals surface area contributed by atoms with E-state index in [4.69, 9.17) is 0 Å². The molecule has 0 atom stereocenters. The van der Waals surface area contributed by atoms with Gasteiger partial charge in [0, 0.05) is 5.52 Å². The molecule has 1 aromatic carbocycles. The van der Waals surface area contributed by atoms with Crippen LogP contribution in [-0.2, 0) is 0 Å². The van der Waals surface area contributed by atoms with Crippen molar-refractivity contribution in [1.82, 2.24) is 8.53 Å². The van der Waals surface area contributed by atoms with Crippen molar-refractivity contribution in [2.24, 2.45) is 0 Å². The van der Waals surface area contributed by atoms with Crippen molar-refractivity contribution in [2.45, 2.75) is 0 Å². The molecule has 0 bridgehead atoms. The molecule has 2 rings (SSSR count). The third-order valence-electron chi connectivity index (χ3n) is 1.48. The minimum absolute atomic E-state index is 1.04. The zero-order valence-electron chi connectivity index (χ0n) is 5.36. The molecule has 1 heterocycles. The fourth-order valence-electron chi connectivity index (χ4n) is 0.978. The lowest BCUT2D eigenvalue weighted by molar-refractivity contribution is 1.25. The molecular formula is C7H5AlN2. The summed E-state index contributed by atoms with van der Waals surface area (Å²) in [7, 11) is 0. The van der Waals surface area contributed by atoms with Gasteiger partial charge in [-0.25, -0.2) is 4.98 Å². The summed E-state index contributed by atoms with van der Waals surface area (Å²) in [6, 6.07) is 8.02. The van der Waals surface area contributed by atoms with Gasteiger partial charge < -0.3 is 3.55 Å². The Balaban J connectivity index is 2.93. The zero-order chi connectivity index (χ0) is 6.97. The van der Waals surface area contributed by atoms with Gasteiger partial charge in [-0.15, -0.1) is 0 Å². The average molecular weight is 144 g/mol. The second-order valence-corrected chi connectivity index (χ2v) is 2.70. The van der Waals surface area contributed by atoms with Crippen molar-refractivity contribution < 1.29 is 0 Å². The van der Waals surface area contributed by atoms with E-state index in [0.29, 0.717) is 0 Å². The minimum atomic E-state index is 1.04. The third-order valence-corrected chi connectivity index (χ3v) is 1.89. The minimum Gasteiger partial charge on any atom is -0.442 e. The summed E-state index contributed by atoms with van der Waals surface area (Å²) in [6.45, 7) is 0. The van der Waals surface area contributed by atoms with Crippen molar-refractivity contribution in [3.05, 3.63) is 30.6 Å². The summed E-state index contributed by atoms with van der Waals surface area (Å²) >= 11 is 2.58. The van der Waals surface area contributed by atoms with Crippen LogP contribution < -0.4 is 0 Å². The SMILES string of the molecule is [Al][n]1cnc2ccccc21. The van der Waals surface area contributed by atoms with Crippen LogP contribution in [0.4, 0.5) is 0 Å². The average Bonchev–Trinajstić information content (AvgIpc) is 2.34. The van der Waals surface area contributed by atoms with E-state index >= 15 is 0 Å². The Bertz CT molecular complexity index is 353. The molecule has 2 nitrogen and oxygen atoms in total. The van der Waals surface area contributed by atoms with E-state index < -0.39 is 0 Å². The number of hydrogen-bond acceptors (Lipinski definition) is 1. The van der Waals surface area contributed by atoms with Gasteiger partial charge in [-0.05, 0) is 12.1 Å². The number of aromatic nitrogens is 2. The Morgan fingerprint density at radius 1 is 1.30 bits per heavy atom. The topological polar surface area (TPSA) is 17.8 Å². The van der Waals surface area contributed by atoms with Crippen LogP contribution in [0.2, 0.25) is 0 Å². The standard InChI is InChI=1S/C7H5N2.Al/c1-2-4-7-6(3-1)8-5-9-7;/h1-5H;/q-1;+1. The molecule has 2 radical (unpaired) electrons. The second-order valence-electron chi connectivity index (χ2n) is 2.14. The Hall–Kier alpha value is -0.778. The summed E-state index contributed by atoms with van der Waals surface area (Å²) < 4.78 is 1.93. The predicted molar refractivity (Wildman–Crippen MR) is 40.9 cm³/mol. The van der Waals surface area contributed by atoms with Crippen molar-refractivity contribution in [3.63, 3.8) is 0 Å². The fraction of sp³-hybridized carbons (Fsp3) is 0. The van der Waals surface area contributed by atoms with Gasteiger partial charge in [0.15, 0.2) is 0 Å². The number of hydrogen-bond donors (Lipinski definition) is 0. The van der Waals surface area contributed by atoms with Gasteiger partial charge in [0.05, 0.1) is 11.8 Å². The first-order valence-corrected chi connectivity index (χ1v) is 3.57. The summed E-state index contributed by atoms with van der Waals surface area (Å²) in [4.78, 5) is 4.16. The maximum absolute atomic E-state index is 4.16. The summed E-state index contributed by atoms with van der Waals surface area (Å²) in [6.07, 6.45) is 1.79. The molecule has 2 aromatic rings. The van der Waals surface area contributed by atoms with Gasteiger partial charge in [-0.3, -0.25) is 0 Å². The van der Waals surface area contributed by atoms with Crippen LogP contribution in [0.3, 0.4) is 0 Å².